The molecule has 10 heteroatoms. The molecule has 1 aromatic rings. The number of methoxy groups -OCH3 is 2. The number of benzene rings is 1. The number of hydrogen-bond donors (Lipinski definition) is 1. The summed E-state index contributed by atoms with van der Waals surface area (Å²) in [5, 5.41) is 2.61. The molecule has 1 aliphatic heterocycles. The van der Waals surface area contributed by atoms with Gasteiger partial charge < -0.3 is 29.0 Å². The monoisotopic (exact) mass is 490 g/mol. The minimum Gasteiger partial charge on any atom is -0.493 e. The average Bonchev–Trinajstić information content (AvgIpc) is 2.81. The molecule has 1 aliphatic rings. The lowest BCUT2D eigenvalue weighted by Crippen LogP contribution is -2.37. The largest absolute Gasteiger partial charge is 0.493 e. The molecule has 1 N–H and O–H groups in total. The normalized spacial score (nSPS) is 13.6. The molecule has 3 amide bonds. The van der Waals surface area contributed by atoms with Gasteiger partial charge in [-0.25, -0.2) is 4.79 Å². The number of hydrogen-bond acceptors (Lipinski definition) is 8. The molecular formula is C25H34N2O8. The second kappa shape index (κ2) is 13.4. The summed E-state index contributed by atoms with van der Waals surface area (Å²) in [6.45, 7) is 6.83. The fraction of sp³-hybridized carbons (Fsp3) is 0.480. The van der Waals surface area contributed by atoms with E-state index in [0.717, 1.165) is 0 Å². The highest BCUT2D eigenvalue weighted by molar-refractivity contribution is 6.06. The molecule has 0 fully saturated rings. The van der Waals surface area contributed by atoms with Gasteiger partial charge >= 0.3 is 6.09 Å². The van der Waals surface area contributed by atoms with Crippen LogP contribution in [0.3, 0.4) is 0 Å². The predicted octanol–water partition coefficient (Wildman–Crippen LogP) is 2.95. The Hall–Kier alpha value is -3.53. The second-order valence-electron chi connectivity index (χ2n) is 8.50. The number of carbonyl (C=O) groups is 3. The summed E-state index contributed by atoms with van der Waals surface area (Å²) in [7, 11) is 3.00. The van der Waals surface area contributed by atoms with Crippen molar-refractivity contribution in [3.05, 3.63) is 35.9 Å². The Kier molecular flexibility index (Phi) is 10.6. The van der Waals surface area contributed by atoms with Gasteiger partial charge in [-0.2, -0.15) is 0 Å². The molecule has 2 rings (SSSR count). The van der Waals surface area contributed by atoms with Gasteiger partial charge in [0.2, 0.25) is 5.75 Å². The number of nitrogens with one attached hydrogen (secondary N) is 1. The van der Waals surface area contributed by atoms with Gasteiger partial charge in [-0.05, 0) is 57.0 Å². The second-order valence-corrected chi connectivity index (χ2v) is 8.50. The molecule has 0 aromatic heterocycles. The molecule has 0 atom stereocenters. The first-order chi connectivity index (χ1) is 16.6. The van der Waals surface area contributed by atoms with Crippen LogP contribution in [0.1, 0.15) is 32.8 Å². The Balaban J connectivity index is 1.88. The topological polar surface area (TPSA) is 113 Å². The van der Waals surface area contributed by atoms with Crippen LogP contribution in [-0.2, 0) is 19.1 Å². The third-order valence-corrected chi connectivity index (χ3v) is 4.60. The van der Waals surface area contributed by atoms with Crippen molar-refractivity contribution in [2.45, 2.75) is 32.8 Å². The maximum absolute atomic E-state index is 12.4. The summed E-state index contributed by atoms with van der Waals surface area (Å²) in [4.78, 5) is 37.0. The highest BCUT2D eigenvalue weighted by atomic mass is 16.6. The maximum Gasteiger partial charge on any atom is 0.407 e. The quantitative estimate of drug-likeness (QED) is 0.372. The van der Waals surface area contributed by atoms with Gasteiger partial charge in [0.15, 0.2) is 11.5 Å². The van der Waals surface area contributed by atoms with Crippen molar-refractivity contribution in [3.8, 4) is 17.2 Å². The molecule has 35 heavy (non-hydrogen) atoms. The van der Waals surface area contributed by atoms with Gasteiger partial charge in [-0.1, -0.05) is 6.08 Å². The Morgan fingerprint density at radius 2 is 1.77 bits per heavy atom. The number of carbonyl (C=O) groups excluding carboxylic acids is 3. The van der Waals surface area contributed by atoms with Crippen molar-refractivity contribution < 1.29 is 38.1 Å². The summed E-state index contributed by atoms with van der Waals surface area (Å²) in [5.41, 5.74) is 0.0886. The third-order valence-electron chi connectivity index (χ3n) is 4.60. The van der Waals surface area contributed by atoms with E-state index in [1.165, 1.54) is 31.3 Å². The standard InChI is InChI=1S/C25H34N2O8/c1-25(2,3)35-24(30)26-11-13-33-14-15-34-23-19(31-4)16-18(17-20(23)32-5)9-10-22(29)27-12-7-6-8-21(27)28/h6,8-10,16-17H,7,11-15H2,1-5H3,(H,26,30)/b10-9+. The fourth-order valence-electron chi connectivity index (χ4n) is 3.05. The van der Waals surface area contributed by atoms with Crippen LogP contribution in [-0.4, -0.2) is 75.5 Å². The SMILES string of the molecule is COc1cc(/C=C/C(=O)N2CCC=CC2=O)cc(OC)c1OCCOCCNC(=O)OC(C)(C)C. The fourth-order valence-corrected chi connectivity index (χ4v) is 3.05. The number of amides is 3. The summed E-state index contributed by atoms with van der Waals surface area (Å²) in [6, 6.07) is 3.40. The predicted molar refractivity (Wildman–Crippen MR) is 130 cm³/mol. The zero-order chi connectivity index (χ0) is 25.8. The van der Waals surface area contributed by atoms with Crippen molar-refractivity contribution in [3.63, 3.8) is 0 Å². The first-order valence-electron chi connectivity index (χ1n) is 11.3. The van der Waals surface area contributed by atoms with E-state index in [2.05, 4.69) is 5.32 Å². The molecule has 0 unspecified atom stereocenters. The number of rotatable bonds is 11. The minimum atomic E-state index is -0.554. The van der Waals surface area contributed by atoms with E-state index in [9.17, 15) is 14.4 Å². The zero-order valence-corrected chi connectivity index (χ0v) is 20.9. The van der Waals surface area contributed by atoms with Crippen LogP contribution in [0, 0.1) is 0 Å². The lowest BCUT2D eigenvalue weighted by molar-refractivity contribution is -0.139. The van der Waals surface area contributed by atoms with Crippen molar-refractivity contribution in [2.75, 3.05) is 47.1 Å². The zero-order valence-electron chi connectivity index (χ0n) is 20.9. The molecule has 1 aromatic carbocycles. The number of nitrogens with zero attached hydrogens (tertiary/aromatic N) is 1. The van der Waals surface area contributed by atoms with Crippen LogP contribution in [0.25, 0.3) is 6.08 Å². The molecule has 0 saturated heterocycles. The Labute approximate surface area is 205 Å². The Morgan fingerprint density at radius 3 is 2.37 bits per heavy atom. The van der Waals surface area contributed by atoms with Crippen molar-refractivity contribution in [1.82, 2.24) is 10.2 Å². The van der Waals surface area contributed by atoms with E-state index in [4.69, 9.17) is 23.7 Å². The first kappa shape index (κ1) is 27.7. The first-order valence-corrected chi connectivity index (χ1v) is 11.3. The van der Waals surface area contributed by atoms with E-state index < -0.39 is 17.6 Å². The van der Waals surface area contributed by atoms with Gasteiger partial charge in [-0.3, -0.25) is 14.5 Å². The Bertz CT molecular complexity index is 924. The highest BCUT2D eigenvalue weighted by Crippen LogP contribution is 2.39. The van der Waals surface area contributed by atoms with Crippen molar-refractivity contribution >= 4 is 24.0 Å². The lowest BCUT2D eigenvalue weighted by Gasteiger charge is -2.19. The molecule has 0 radical (unpaired) electrons. The van der Waals surface area contributed by atoms with Crippen molar-refractivity contribution in [1.29, 1.82) is 0 Å². The van der Waals surface area contributed by atoms with E-state index in [1.54, 1.807) is 45.1 Å². The summed E-state index contributed by atoms with van der Waals surface area (Å²) >= 11 is 0. The number of imide groups is 1. The van der Waals surface area contributed by atoms with Crippen LogP contribution in [0.5, 0.6) is 17.2 Å². The average molecular weight is 491 g/mol. The van der Waals surface area contributed by atoms with Crippen LogP contribution in [0.2, 0.25) is 0 Å². The van der Waals surface area contributed by atoms with Gasteiger partial charge in [0.1, 0.15) is 12.2 Å². The number of alkyl carbamates (subject to hydrolysis) is 1. The molecule has 0 spiro atoms. The van der Waals surface area contributed by atoms with E-state index in [0.29, 0.717) is 48.9 Å². The molecule has 192 valence electrons. The molecule has 0 saturated carbocycles. The van der Waals surface area contributed by atoms with Crippen LogP contribution < -0.4 is 19.5 Å². The molecule has 1 heterocycles. The van der Waals surface area contributed by atoms with Gasteiger partial charge in [0, 0.05) is 19.2 Å². The third kappa shape index (κ3) is 9.32. The smallest absolute Gasteiger partial charge is 0.407 e. The molecule has 0 bridgehead atoms. The summed E-state index contributed by atoms with van der Waals surface area (Å²) in [6.07, 6.45) is 6.21. The van der Waals surface area contributed by atoms with Gasteiger partial charge in [-0.15, -0.1) is 0 Å². The van der Waals surface area contributed by atoms with E-state index in [-0.39, 0.29) is 19.1 Å². The van der Waals surface area contributed by atoms with E-state index >= 15 is 0 Å². The number of ether oxygens (including phenoxy) is 5. The van der Waals surface area contributed by atoms with Gasteiger partial charge in [0.05, 0.1) is 27.4 Å². The maximum atomic E-state index is 12.4. The summed E-state index contributed by atoms with van der Waals surface area (Å²) in [5.74, 6) is 0.508. The van der Waals surface area contributed by atoms with Crippen LogP contribution in [0.4, 0.5) is 4.79 Å². The molecule has 10 nitrogen and oxygen atoms in total. The van der Waals surface area contributed by atoms with Gasteiger partial charge in [0.25, 0.3) is 11.8 Å². The minimum absolute atomic E-state index is 0.220. The molecular weight excluding hydrogens is 456 g/mol. The lowest BCUT2D eigenvalue weighted by atomic mass is 10.1. The van der Waals surface area contributed by atoms with Crippen LogP contribution >= 0.6 is 0 Å². The van der Waals surface area contributed by atoms with E-state index in [1.807, 2.05) is 0 Å². The summed E-state index contributed by atoms with van der Waals surface area (Å²) < 4.78 is 27.3. The van der Waals surface area contributed by atoms with Crippen molar-refractivity contribution in [2.24, 2.45) is 0 Å². The van der Waals surface area contributed by atoms with Crippen LogP contribution in [0.15, 0.2) is 30.4 Å². The Morgan fingerprint density at radius 1 is 1.09 bits per heavy atom. The molecule has 0 aliphatic carbocycles. The highest BCUT2D eigenvalue weighted by Gasteiger charge is 2.19.